The summed E-state index contributed by atoms with van der Waals surface area (Å²) >= 11 is 1.35. The summed E-state index contributed by atoms with van der Waals surface area (Å²) in [5.74, 6) is -3.00. The first-order valence-corrected chi connectivity index (χ1v) is 13.7. The zero-order valence-electron chi connectivity index (χ0n) is 21.9. The zero-order chi connectivity index (χ0) is 29.0. The summed E-state index contributed by atoms with van der Waals surface area (Å²) in [4.78, 5) is 41.2. The summed E-state index contributed by atoms with van der Waals surface area (Å²) in [5, 5.41) is 14.5. The number of nitrogen functional groups attached to an aromatic ring is 1. The summed E-state index contributed by atoms with van der Waals surface area (Å²) in [5.41, 5.74) is 5.81. The predicted molar refractivity (Wildman–Crippen MR) is 147 cm³/mol. The number of likely N-dealkylation sites (tertiary alicyclic amines) is 1. The highest BCUT2D eigenvalue weighted by atomic mass is 32.1. The third-order valence-corrected chi connectivity index (χ3v) is 7.63. The van der Waals surface area contributed by atoms with Crippen molar-refractivity contribution in [2.24, 2.45) is 5.73 Å². The second-order valence-corrected chi connectivity index (χ2v) is 10.5. The number of carbonyl (C=O) groups is 3. The third kappa shape index (κ3) is 6.53. The van der Waals surface area contributed by atoms with Gasteiger partial charge in [0.25, 0.3) is 5.91 Å². The molecule has 2 aromatic carbocycles. The number of rotatable bonds is 9. The fourth-order valence-electron chi connectivity index (χ4n) is 4.67. The van der Waals surface area contributed by atoms with Crippen LogP contribution in [0.5, 0.6) is 11.5 Å². The number of nitrogens with one attached hydrogen (secondary N) is 3. The number of hydrogen-bond donors (Lipinski definition) is 4. The van der Waals surface area contributed by atoms with E-state index in [0.29, 0.717) is 24.5 Å². The lowest BCUT2D eigenvalue weighted by Crippen LogP contribution is -2.49. The molecule has 1 spiro atoms. The molecule has 1 aromatic heterocycles. The summed E-state index contributed by atoms with van der Waals surface area (Å²) in [7, 11) is 0. The standard InChI is InChI=1S/C28H28FN5O6S/c29-22-11-19(40-18-4-2-1-3-5-18)6-7-21(22)26(36)33-14-24(35)34-16-28(38-8-9-39-28)12-23(34)27(37)32-13-20-10-17(15-41-20)25(30)31/h1-7,10-11,15,23H,8-9,12-14,16H2,(H3,30,31)(H,32,37)(H,33,36)/t23-/m0/s1. The van der Waals surface area contributed by atoms with Crippen molar-refractivity contribution in [1.82, 2.24) is 15.5 Å². The lowest BCUT2D eigenvalue weighted by atomic mass is 10.1. The maximum Gasteiger partial charge on any atom is 0.254 e. The van der Waals surface area contributed by atoms with Gasteiger partial charge in [0, 0.05) is 28.3 Å². The van der Waals surface area contributed by atoms with Gasteiger partial charge >= 0.3 is 0 Å². The van der Waals surface area contributed by atoms with Crippen molar-refractivity contribution in [2.75, 3.05) is 26.3 Å². The predicted octanol–water partition coefficient (Wildman–Crippen LogP) is 2.35. The average molecular weight is 582 g/mol. The van der Waals surface area contributed by atoms with Gasteiger partial charge in [-0.05, 0) is 30.3 Å². The summed E-state index contributed by atoms with van der Waals surface area (Å²) in [6.45, 7) is 0.392. The molecule has 214 valence electrons. The van der Waals surface area contributed by atoms with Crippen molar-refractivity contribution >= 4 is 34.9 Å². The molecule has 0 unspecified atom stereocenters. The number of hydrogen-bond acceptors (Lipinski definition) is 8. The van der Waals surface area contributed by atoms with Gasteiger partial charge in [0.2, 0.25) is 11.8 Å². The van der Waals surface area contributed by atoms with E-state index in [9.17, 15) is 18.8 Å². The van der Waals surface area contributed by atoms with E-state index in [-0.39, 0.29) is 36.7 Å². The number of carbonyl (C=O) groups excluding carboxylic acids is 3. The molecular formula is C28H28FN5O6S. The Balaban J connectivity index is 1.21. The SMILES string of the molecule is N=C(N)c1csc(CNC(=O)[C@@H]2CC3(CN2C(=O)CNC(=O)c2ccc(Oc4ccccc4)cc2F)OCCO3)c1. The Morgan fingerprint density at radius 2 is 1.85 bits per heavy atom. The van der Waals surface area contributed by atoms with E-state index >= 15 is 0 Å². The largest absolute Gasteiger partial charge is 0.457 e. The first-order chi connectivity index (χ1) is 19.7. The smallest absolute Gasteiger partial charge is 0.254 e. The van der Waals surface area contributed by atoms with Crippen molar-refractivity contribution in [1.29, 1.82) is 5.41 Å². The van der Waals surface area contributed by atoms with Crippen LogP contribution in [0.2, 0.25) is 0 Å². The van der Waals surface area contributed by atoms with Gasteiger partial charge in [0.05, 0.1) is 38.4 Å². The Kier molecular flexibility index (Phi) is 8.28. The van der Waals surface area contributed by atoms with Crippen LogP contribution in [0, 0.1) is 11.2 Å². The fraction of sp³-hybridized carbons (Fsp3) is 0.286. The number of benzene rings is 2. The second kappa shape index (κ2) is 12.0. The molecule has 2 aliphatic rings. The number of halogens is 1. The lowest BCUT2D eigenvalue weighted by Gasteiger charge is -2.24. The summed E-state index contributed by atoms with van der Waals surface area (Å²) in [6, 6.07) is 13.4. The summed E-state index contributed by atoms with van der Waals surface area (Å²) in [6.07, 6.45) is 0.124. The second-order valence-electron chi connectivity index (χ2n) is 9.52. The summed E-state index contributed by atoms with van der Waals surface area (Å²) < 4.78 is 31.8. The number of nitrogens with zero attached hydrogens (tertiary/aromatic N) is 1. The Bertz CT molecular complexity index is 1460. The molecule has 2 aliphatic heterocycles. The molecule has 2 fully saturated rings. The molecule has 2 saturated heterocycles. The highest BCUT2D eigenvalue weighted by molar-refractivity contribution is 7.10. The van der Waals surface area contributed by atoms with Crippen LogP contribution in [0.4, 0.5) is 4.39 Å². The molecule has 0 aliphatic carbocycles. The molecule has 0 saturated carbocycles. The molecule has 3 amide bonds. The Labute approximate surface area is 238 Å². The number of thiophene rings is 1. The van der Waals surface area contributed by atoms with Crippen molar-refractivity contribution in [3.63, 3.8) is 0 Å². The first-order valence-electron chi connectivity index (χ1n) is 12.8. The van der Waals surface area contributed by atoms with Gasteiger partial charge in [-0.15, -0.1) is 11.3 Å². The molecule has 0 radical (unpaired) electrons. The minimum Gasteiger partial charge on any atom is -0.457 e. The lowest BCUT2D eigenvalue weighted by molar-refractivity contribution is -0.152. The number of amides is 3. The van der Waals surface area contributed by atoms with Crippen molar-refractivity contribution in [2.45, 2.75) is 24.8 Å². The number of nitrogens with two attached hydrogens (primary N) is 1. The van der Waals surface area contributed by atoms with Crippen LogP contribution < -0.4 is 21.1 Å². The van der Waals surface area contributed by atoms with Crippen LogP contribution in [0.25, 0.3) is 0 Å². The highest BCUT2D eigenvalue weighted by Gasteiger charge is 2.52. The van der Waals surface area contributed by atoms with E-state index in [1.165, 1.54) is 28.4 Å². The van der Waals surface area contributed by atoms with Crippen LogP contribution in [-0.4, -0.2) is 66.6 Å². The molecule has 3 heterocycles. The first kappa shape index (κ1) is 28.2. The Morgan fingerprint density at radius 1 is 1.10 bits per heavy atom. The van der Waals surface area contributed by atoms with Crippen LogP contribution in [0.15, 0.2) is 60.0 Å². The minimum atomic E-state index is -1.10. The average Bonchev–Trinajstić information content (AvgIpc) is 3.72. The van der Waals surface area contributed by atoms with E-state index in [1.807, 2.05) is 6.07 Å². The fourth-order valence-corrected chi connectivity index (χ4v) is 5.49. The monoisotopic (exact) mass is 581 g/mol. The number of ether oxygens (including phenoxy) is 3. The molecule has 41 heavy (non-hydrogen) atoms. The minimum absolute atomic E-state index is 0.00710. The molecule has 5 N–H and O–H groups in total. The molecular weight excluding hydrogens is 553 g/mol. The van der Waals surface area contributed by atoms with Gasteiger partial charge in [-0.3, -0.25) is 19.8 Å². The quantitative estimate of drug-likeness (QED) is 0.223. The van der Waals surface area contributed by atoms with Crippen LogP contribution in [0.3, 0.4) is 0 Å². The molecule has 13 heteroatoms. The van der Waals surface area contributed by atoms with Crippen LogP contribution in [-0.2, 0) is 25.6 Å². The molecule has 0 bridgehead atoms. The normalized spacial score (nSPS) is 17.4. The maximum atomic E-state index is 14.7. The van der Waals surface area contributed by atoms with Crippen molar-refractivity contribution in [3.05, 3.63) is 81.8 Å². The Morgan fingerprint density at radius 3 is 2.54 bits per heavy atom. The number of para-hydroxylation sites is 1. The van der Waals surface area contributed by atoms with Gasteiger partial charge < -0.3 is 35.5 Å². The van der Waals surface area contributed by atoms with Gasteiger partial charge in [-0.2, -0.15) is 0 Å². The van der Waals surface area contributed by atoms with Crippen LogP contribution in [0.1, 0.15) is 27.2 Å². The van der Waals surface area contributed by atoms with Crippen molar-refractivity contribution < 1.29 is 33.0 Å². The van der Waals surface area contributed by atoms with Crippen molar-refractivity contribution in [3.8, 4) is 11.5 Å². The van der Waals surface area contributed by atoms with Gasteiger partial charge in [0.15, 0.2) is 5.79 Å². The van der Waals surface area contributed by atoms with E-state index in [2.05, 4.69) is 10.6 Å². The van der Waals surface area contributed by atoms with Gasteiger partial charge in [0.1, 0.15) is 29.2 Å². The molecule has 1 atom stereocenters. The van der Waals surface area contributed by atoms with E-state index < -0.39 is 41.9 Å². The van der Waals surface area contributed by atoms with Crippen LogP contribution >= 0.6 is 11.3 Å². The van der Waals surface area contributed by atoms with E-state index in [4.69, 9.17) is 25.4 Å². The van der Waals surface area contributed by atoms with E-state index in [0.717, 1.165) is 10.9 Å². The third-order valence-electron chi connectivity index (χ3n) is 6.69. The molecule has 11 nitrogen and oxygen atoms in total. The molecule has 5 rings (SSSR count). The highest BCUT2D eigenvalue weighted by Crippen LogP contribution is 2.35. The van der Waals surface area contributed by atoms with Gasteiger partial charge in [-0.1, -0.05) is 18.2 Å². The molecule has 3 aromatic rings. The van der Waals surface area contributed by atoms with E-state index in [1.54, 1.807) is 35.7 Å². The maximum absolute atomic E-state index is 14.7. The topological polar surface area (TPSA) is 156 Å². The zero-order valence-corrected chi connectivity index (χ0v) is 22.7. The number of amidine groups is 1. The Hall–Kier alpha value is -4.33. The van der Waals surface area contributed by atoms with Gasteiger partial charge in [-0.25, -0.2) is 4.39 Å².